The van der Waals surface area contributed by atoms with E-state index in [2.05, 4.69) is 20.8 Å². The largest absolute Gasteiger partial charge is 0.323 e. The van der Waals surface area contributed by atoms with Crippen molar-refractivity contribution < 1.29 is 9.18 Å². The van der Waals surface area contributed by atoms with Crippen molar-refractivity contribution in [1.82, 2.24) is 20.2 Å². The molecule has 8 heteroatoms. The Labute approximate surface area is 148 Å². The molecule has 0 saturated heterocycles. The van der Waals surface area contributed by atoms with E-state index in [0.29, 0.717) is 11.4 Å². The van der Waals surface area contributed by atoms with Crippen molar-refractivity contribution in [2.45, 2.75) is 17.9 Å². The van der Waals surface area contributed by atoms with Gasteiger partial charge in [-0.1, -0.05) is 30.3 Å². The number of nitrogens with one attached hydrogen (secondary N) is 1. The van der Waals surface area contributed by atoms with Gasteiger partial charge in [-0.05, 0) is 41.1 Å². The molecule has 3 aromatic rings. The summed E-state index contributed by atoms with van der Waals surface area (Å²) in [5.74, 6) is -0.0538. The lowest BCUT2D eigenvalue weighted by molar-refractivity contribution is -0.115. The van der Waals surface area contributed by atoms with Crippen LogP contribution in [0.25, 0.3) is 5.69 Å². The van der Waals surface area contributed by atoms with Gasteiger partial charge in [-0.25, -0.2) is 9.07 Å². The summed E-state index contributed by atoms with van der Waals surface area (Å²) in [5.41, 5.74) is 1.80. The lowest BCUT2D eigenvalue weighted by Gasteiger charge is -2.13. The summed E-state index contributed by atoms with van der Waals surface area (Å²) in [6, 6.07) is 14.2. The molecular formula is C17H16FN5OS. The van der Waals surface area contributed by atoms with Crippen LogP contribution in [-0.4, -0.2) is 31.4 Å². The number of tetrazole rings is 1. The van der Waals surface area contributed by atoms with Crippen molar-refractivity contribution in [1.29, 1.82) is 0 Å². The normalized spacial score (nSPS) is 11.9. The van der Waals surface area contributed by atoms with Crippen molar-refractivity contribution >= 4 is 23.4 Å². The topological polar surface area (TPSA) is 72.7 Å². The first-order valence-electron chi connectivity index (χ1n) is 7.63. The number of hydrogen-bond donors (Lipinski definition) is 1. The number of carbonyl (C=O) groups excluding carboxylic acids is 1. The van der Waals surface area contributed by atoms with Crippen molar-refractivity contribution in [3.05, 3.63) is 66.2 Å². The molecular weight excluding hydrogens is 341 g/mol. The predicted octanol–water partition coefficient (Wildman–Crippen LogP) is 3.06. The highest BCUT2D eigenvalue weighted by Crippen LogP contribution is 2.22. The second-order valence-electron chi connectivity index (χ2n) is 5.35. The monoisotopic (exact) mass is 357 g/mol. The molecule has 3 rings (SSSR count). The van der Waals surface area contributed by atoms with Crippen LogP contribution in [0, 0.1) is 5.82 Å². The van der Waals surface area contributed by atoms with Gasteiger partial charge in [0, 0.05) is 5.75 Å². The molecule has 1 amide bonds. The number of carbonyl (C=O) groups is 1. The average molecular weight is 357 g/mol. The van der Waals surface area contributed by atoms with E-state index in [-0.39, 0.29) is 16.8 Å². The molecule has 1 heterocycles. The standard InChI is InChI=1S/C17H16FN5OS/c1-12(25-10-13-5-3-2-4-6-13)17(24)20-16-9-14(7-8-15(16)18)23-11-19-21-22-23/h2-9,11-12H,10H2,1H3,(H,20,24). The Morgan fingerprint density at radius 3 is 2.80 bits per heavy atom. The molecule has 1 aromatic heterocycles. The highest BCUT2D eigenvalue weighted by Gasteiger charge is 2.16. The fourth-order valence-corrected chi connectivity index (χ4v) is 2.98. The van der Waals surface area contributed by atoms with Crippen molar-refractivity contribution in [3.8, 4) is 5.69 Å². The molecule has 1 N–H and O–H groups in total. The third kappa shape index (κ3) is 4.42. The maximum atomic E-state index is 14.0. The Morgan fingerprint density at radius 2 is 2.08 bits per heavy atom. The van der Waals surface area contributed by atoms with Gasteiger partial charge in [-0.3, -0.25) is 4.79 Å². The van der Waals surface area contributed by atoms with E-state index in [0.717, 1.165) is 5.56 Å². The Kier molecular flexibility index (Phi) is 5.39. The molecule has 1 atom stereocenters. The number of rotatable bonds is 6. The third-order valence-electron chi connectivity index (χ3n) is 3.53. The highest BCUT2D eigenvalue weighted by molar-refractivity contribution is 7.99. The zero-order chi connectivity index (χ0) is 17.6. The molecule has 0 aliphatic rings. The first-order valence-corrected chi connectivity index (χ1v) is 8.67. The molecule has 0 fully saturated rings. The van der Waals surface area contributed by atoms with E-state index in [1.165, 1.54) is 41.0 Å². The molecule has 2 aromatic carbocycles. The SMILES string of the molecule is CC(SCc1ccccc1)C(=O)Nc1cc(-n2cnnn2)ccc1F. The molecule has 0 spiro atoms. The van der Waals surface area contributed by atoms with Crippen LogP contribution >= 0.6 is 11.8 Å². The summed E-state index contributed by atoms with van der Waals surface area (Å²) in [5, 5.41) is 13.1. The van der Waals surface area contributed by atoms with Gasteiger partial charge < -0.3 is 5.32 Å². The van der Waals surface area contributed by atoms with Crippen LogP contribution in [0.2, 0.25) is 0 Å². The lowest BCUT2D eigenvalue weighted by atomic mass is 10.2. The zero-order valence-corrected chi connectivity index (χ0v) is 14.3. The molecule has 128 valence electrons. The Bertz CT molecular complexity index is 842. The Balaban J connectivity index is 1.64. The van der Waals surface area contributed by atoms with Crippen LogP contribution in [0.4, 0.5) is 10.1 Å². The molecule has 0 bridgehead atoms. The maximum Gasteiger partial charge on any atom is 0.237 e. The summed E-state index contributed by atoms with van der Waals surface area (Å²) >= 11 is 1.49. The first kappa shape index (κ1) is 17.1. The van der Waals surface area contributed by atoms with Gasteiger partial charge in [0.25, 0.3) is 0 Å². The fourth-order valence-electron chi connectivity index (χ4n) is 2.14. The fraction of sp³-hybridized carbons (Fsp3) is 0.176. The number of hydrogen-bond acceptors (Lipinski definition) is 5. The molecule has 25 heavy (non-hydrogen) atoms. The summed E-state index contributed by atoms with van der Waals surface area (Å²) in [6.07, 6.45) is 1.40. The third-order valence-corrected chi connectivity index (χ3v) is 4.75. The van der Waals surface area contributed by atoms with Crippen LogP contribution < -0.4 is 5.32 Å². The Hall–Kier alpha value is -2.74. The number of anilines is 1. The first-order chi connectivity index (χ1) is 12.1. The summed E-state index contributed by atoms with van der Waals surface area (Å²) in [6.45, 7) is 1.80. The molecule has 0 radical (unpaired) electrons. The van der Waals surface area contributed by atoms with Gasteiger partial charge in [0.05, 0.1) is 16.6 Å². The van der Waals surface area contributed by atoms with Crippen LogP contribution in [-0.2, 0) is 10.5 Å². The van der Waals surface area contributed by atoms with Gasteiger partial charge in [0.15, 0.2) is 0 Å². The van der Waals surface area contributed by atoms with Gasteiger partial charge in [0.2, 0.25) is 5.91 Å². The molecule has 0 aliphatic carbocycles. The summed E-state index contributed by atoms with van der Waals surface area (Å²) < 4.78 is 15.4. The van der Waals surface area contributed by atoms with Crippen LogP contribution in [0.1, 0.15) is 12.5 Å². The van der Waals surface area contributed by atoms with E-state index in [1.54, 1.807) is 6.92 Å². The molecule has 0 aliphatic heterocycles. The van der Waals surface area contributed by atoms with Gasteiger partial charge >= 0.3 is 0 Å². The number of aromatic nitrogens is 4. The highest BCUT2D eigenvalue weighted by atomic mass is 32.2. The minimum atomic E-state index is -0.509. The smallest absolute Gasteiger partial charge is 0.237 e. The number of benzene rings is 2. The van der Waals surface area contributed by atoms with E-state index in [4.69, 9.17) is 0 Å². The number of nitrogens with zero attached hydrogens (tertiary/aromatic N) is 4. The van der Waals surface area contributed by atoms with Crippen LogP contribution in [0.5, 0.6) is 0 Å². The molecule has 1 unspecified atom stereocenters. The van der Waals surface area contributed by atoms with E-state index >= 15 is 0 Å². The van der Waals surface area contributed by atoms with Crippen LogP contribution in [0.15, 0.2) is 54.9 Å². The predicted molar refractivity (Wildman–Crippen MR) is 94.9 cm³/mol. The second kappa shape index (κ2) is 7.89. The molecule has 0 saturated carbocycles. The average Bonchev–Trinajstić information content (AvgIpc) is 3.17. The van der Waals surface area contributed by atoms with Crippen molar-refractivity contribution in [3.63, 3.8) is 0 Å². The van der Waals surface area contributed by atoms with E-state index < -0.39 is 5.82 Å². The van der Waals surface area contributed by atoms with Gasteiger partial charge in [-0.2, -0.15) is 0 Å². The number of thioether (sulfide) groups is 1. The number of amides is 1. The summed E-state index contributed by atoms with van der Waals surface area (Å²) in [4.78, 5) is 12.3. The van der Waals surface area contributed by atoms with E-state index in [1.807, 2.05) is 30.3 Å². The Morgan fingerprint density at radius 1 is 1.28 bits per heavy atom. The van der Waals surface area contributed by atoms with Crippen LogP contribution in [0.3, 0.4) is 0 Å². The minimum absolute atomic E-state index is 0.102. The second-order valence-corrected chi connectivity index (χ2v) is 6.68. The lowest BCUT2D eigenvalue weighted by Crippen LogP contribution is -2.23. The van der Waals surface area contributed by atoms with E-state index in [9.17, 15) is 9.18 Å². The molecule has 6 nitrogen and oxygen atoms in total. The number of halogens is 1. The van der Waals surface area contributed by atoms with Crippen molar-refractivity contribution in [2.75, 3.05) is 5.32 Å². The van der Waals surface area contributed by atoms with Gasteiger partial charge in [0.1, 0.15) is 12.1 Å². The van der Waals surface area contributed by atoms with Crippen molar-refractivity contribution in [2.24, 2.45) is 0 Å². The zero-order valence-electron chi connectivity index (χ0n) is 13.5. The minimum Gasteiger partial charge on any atom is -0.323 e. The maximum absolute atomic E-state index is 14.0. The van der Waals surface area contributed by atoms with Gasteiger partial charge in [-0.15, -0.1) is 16.9 Å². The quantitative estimate of drug-likeness (QED) is 0.734. The summed E-state index contributed by atoms with van der Waals surface area (Å²) in [7, 11) is 0.